The number of rotatable bonds is 3. The third-order valence-electron chi connectivity index (χ3n) is 3.72. The number of aromatic nitrogens is 2. The van der Waals surface area contributed by atoms with Crippen LogP contribution in [0.5, 0.6) is 0 Å². The average molecular weight is 264 g/mol. The molecule has 2 rings (SSSR count). The first-order valence-electron chi connectivity index (χ1n) is 6.88. The Morgan fingerprint density at radius 2 is 2.11 bits per heavy atom. The maximum atomic E-state index is 11.9. The predicted molar refractivity (Wildman–Crippen MR) is 71.2 cm³/mol. The molecule has 0 atom stereocenters. The Kier molecular flexibility index (Phi) is 4.35. The molecule has 0 radical (unpaired) electrons. The van der Waals surface area contributed by atoms with Crippen molar-refractivity contribution in [3.8, 4) is 0 Å². The quantitative estimate of drug-likeness (QED) is 0.850. The molecule has 1 aliphatic carbocycles. The Morgan fingerprint density at radius 1 is 1.42 bits per heavy atom. The number of nitrogens with one attached hydrogen (secondary N) is 1. The third kappa shape index (κ3) is 3.22. The van der Waals surface area contributed by atoms with Gasteiger partial charge >= 0.3 is 5.97 Å². The molecule has 0 aromatic carbocycles. The van der Waals surface area contributed by atoms with E-state index in [-0.39, 0.29) is 12.2 Å². The van der Waals surface area contributed by atoms with Crippen LogP contribution in [0, 0.1) is 5.92 Å². The molecule has 1 N–H and O–H groups in total. The second-order valence-electron chi connectivity index (χ2n) is 5.19. The Bertz CT molecular complexity index is 502. The van der Waals surface area contributed by atoms with Gasteiger partial charge in [-0.1, -0.05) is 19.8 Å². The van der Waals surface area contributed by atoms with Crippen LogP contribution in [0.25, 0.3) is 0 Å². The Labute approximate surface area is 112 Å². The van der Waals surface area contributed by atoms with Crippen LogP contribution in [0.1, 0.15) is 61.6 Å². The number of ether oxygens (including phenoxy) is 1. The van der Waals surface area contributed by atoms with E-state index in [4.69, 9.17) is 4.74 Å². The van der Waals surface area contributed by atoms with Crippen LogP contribution in [0.3, 0.4) is 0 Å². The lowest BCUT2D eigenvalue weighted by Crippen LogP contribution is -2.24. The molecule has 1 aromatic rings. The van der Waals surface area contributed by atoms with Gasteiger partial charge in [0, 0.05) is 12.1 Å². The van der Waals surface area contributed by atoms with Crippen molar-refractivity contribution < 1.29 is 9.53 Å². The van der Waals surface area contributed by atoms with Gasteiger partial charge in [-0.15, -0.1) is 0 Å². The zero-order valence-electron chi connectivity index (χ0n) is 11.4. The van der Waals surface area contributed by atoms with E-state index in [1.54, 1.807) is 6.92 Å². The van der Waals surface area contributed by atoms with E-state index in [0.717, 1.165) is 31.6 Å². The lowest BCUT2D eigenvalue weighted by molar-refractivity contribution is 0.0523. The summed E-state index contributed by atoms with van der Waals surface area (Å²) in [5, 5.41) is 0. The summed E-state index contributed by atoms with van der Waals surface area (Å²) in [6, 6.07) is 0. The number of esters is 1. The van der Waals surface area contributed by atoms with Gasteiger partial charge in [-0.25, -0.2) is 9.78 Å². The molecule has 0 aliphatic heterocycles. The largest absolute Gasteiger partial charge is 0.462 e. The number of hydrogen-bond acceptors (Lipinski definition) is 4. The highest BCUT2D eigenvalue weighted by atomic mass is 16.5. The highest BCUT2D eigenvalue weighted by molar-refractivity contribution is 5.88. The number of aromatic amines is 1. The number of nitrogens with zero attached hydrogens (tertiary/aromatic N) is 1. The molecule has 5 nitrogen and oxygen atoms in total. The molecule has 1 aromatic heterocycles. The minimum absolute atomic E-state index is 0.0187. The molecule has 5 heteroatoms. The van der Waals surface area contributed by atoms with Gasteiger partial charge in [-0.2, -0.15) is 0 Å². The van der Waals surface area contributed by atoms with Crippen LogP contribution >= 0.6 is 0 Å². The van der Waals surface area contributed by atoms with Crippen LogP contribution in [0.4, 0.5) is 0 Å². The fourth-order valence-electron chi connectivity index (χ4n) is 2.50. The van der Waals surface area contributed by atoms with Gasteiger partial charge in [0.05, 0.1) is 6.61 Å². The topological polar surface area (TPSA) is 72.0 Å². The predicted octanol–water partition coefficient (Wildman–Crippen LogP) is 2.24. The van der Waals surface area contributed by atoms with Gasteiger partial charge in [0.25, 0.3) is 5.56 Å². The molecule has 1 heterocycles. The lowest BCUT2D eigenvalue weighted by Gasteiger charge is -2.25. The van der Waals surface area contributed by atoms with Crippen LogP contribution < -0.4 is 5.56 Å². The fraction of sp³-hybridized carbons (Fsp3) is 0.643. The van der Waals surface area contributed by atoms with Gasteiger partial charge in [0.1, 0.15) is 11.4 Å². The van der Waals surface area contributed by atoms with Crippen molar-refractivity contribution in [3.05, 3.63) is 27.9 Å². The molecule has 1 saturated carbocycles. The van der Waals surface area contributed by atoms with E-state index in [9.17, 15) is 9.59 Å². The van der Waals surface area contributed by atoms with Crippen molar-refractivity contribution in [3.63, 3.8) is 0 Å². The SMILES string of the molecule is CCOC(=O)c1cnc(C2CCC(C)CC2)[nH]c1=O. The highest BCUT2D eigenvalue weighted by Gasteiger charge is 2.22. The third-order valence-corrected chi connectivity index (χ3v) is 3.72. The first-order chi connectivity index (χ1) is 9.11. The van der Waals surface area contributed by atoms with Crippen LogP contribution in [0.2, 0.25) is 0 Å². The Balaban J connectivity index is 2.15. The standard InChI is InChI=1S/C14H20N2O3/c1-3-19-14(18)11-8-15-12(16-13(11)17)10-6-4-9(2)5-7-10/h8-10H,3-7H2,1-2H3,(H,15,16,17). The second kappa shape index (κ2) is 5.99. The van der Waals surface area contributed by atoms with Crippen molar-refractivity contribution >= 4 is 5.97 Å². The molecule has 19 heavy (non-hydrogen) atoms. The van der Waals surface area contributed by atoms with Crippen molar-refractivity contribution in [1.82, 2.24) is 9.97 Å². The summed E-state index contributed by atoms with van der Waals surface area (Å²) in [5.41, 5.74) is -0.420. The molecule has 1 fully saturated rings. The van der Waals surface area contributed by atoms with E-state index in [0.29, 0.717) is 11.7 Å². The Morgan fingerprint density at radius 3 is 2.68 bits per heavy atom. The maximum absolute atomic E-state index is 11.9. The van der Waals surface area contributed by atoms with Crippen LogP contribution in [0.15, 0.2) is 11.0 Å². The first kappa shape index (κ1) is 13.8. The Hall–Kier alpha value is -1.65. The van der Waals surface area contributed by atoms with Gasteiger partial charge < -0.3 is 9.72 Å². The summed E-state index contributed by atoms with van der Waals surface area (Å²) in [6.45, 7) is 4.20. The van der Waals surface area contributed by atoms with Crippen molar-refractivity contribution in [2.45, 2.75) is 45.4 Å². The zero-order chi connectivity index (χ0) is 13.8. The molecule has 0 spiro atoms. The lowest BCUT2D eigenvalue weighted by atomic mass is 9.82. The minimum atomic E-state index is -0.611. The average Bonchev–Trinajstić information content (AvgIpc) is 2.39. The van der Waals surface area contributed by atoms with Gasteiger partial charge in [0.15, 0.2) is 0 Å². The normalized spacial score (nSPS) is 23.1. The van der Waals surface area contributed by atoms with Crippen molar-refractivity contribution in [2.75, 3.05) is 6.61 Å². The van der Waals surface area contributed by atoms with Gasteiger partial charge in [0.2, 0.25) is 0 Å². The summed E-state index contributed by atoms with van der Waals surface area (Å²) >= 11 is 0. The second-order valence-corrected chi connectivity index (χ2v) is 5.19. The molecular weight excluding hydrogens is 244 g/mol. The molecule has 0 bridgehead atoms. The number of carbonyl (C=O) groups excluding carboxylic acids is 1. The molecule has 0 unspecified atom stereocenters. The maximum Gasteiger partial charge on any atom is 0.345 e. The van der Waals surface area contributed by atoms with Gasteiger partial charge in [-0.05, 0) is 25.7 Å². The summed E-state index contributed by atoms with van der Waals surface area (Å²) in [5.74, 6) is 1.15. The smallest absolute Gasteiger partial charge is 0.345 e. The fourth-order valence-corrected chi connectivity index (χ4v) is 2.50. The van der Waals surface area contributed by atoms with Crippen LogP contribution in [-0.4, -0.2) is 22.5 Å². The first-order valence-corrected chi connectivity index (χ1v) is 6.88. The molecule has 0 amide bonds. The van der Waals surface area contributed by atoms with E-state index in [1.807, 2.05) is 0 Å². The van der Waals surface area contributed by atoms with Crippen molar-refractivity contribution in [2.24, 2.45) is 5.92 Å². The van der Waals surface area contributed by atoms with E-state index < -0.39 is 11.5 Å². The van der Waals surface area contributed by atoms with E-state index in [1.165, 1.54) is 6.20 Å². The van der Waals surface area contributed by atoms with Crippen molar-refractivity contribution in [1.29, 1.82) is 0 Å². The summed E-state index contributed by atoms with van der Waals surface area (Å²) in [7, 11) is 0. The molecule has 0 saturated heterocycles. The van der Waals surface area contributed by atoms with E-state index in [2.05, 4.69) is 16.9 Å². The van der Waals surface area contributed by atoms with E-state index >= 15 is 0 Å². The van der Waals surface area contributed by atoms with Crippen LogP contribution in [-0.2, 0) is 4.74 Å². The highest BCUT2D eigenvalue weighted by Crippen LogP contribution is 2.33. The summed E-state index contributed by atoms with van der Waals surface area (Å²) < 4.78 is 4.81. The summed E-state index contributed by atoms with van der Waals surface area (Å²) in [6.07, 6.45) is 5.75. The molecular formula is C14H20N2O3. The number of H-pyrrole nitrogens is 1. The number of carbonyl (C=O) groups is 1. The monoisotopic (exact) mass is 264 g/mol. The summed E-state index contributed by atoms with van der Waals surface area (Å²) in [4.78, 5) is 30.3. The van der Waals surface area contributed by atoms with Gasteiger partial charge in [-0.3, -0.25) is 4.79 Å². The zero-order valence-corrected chi connectivity index (χ0v) is 11.4. The minimum Gasteiger partial charge on any atom is -0.462 e. The molecule has 1 aliphatic rings. The number of hydrogen-bond donors (Lipinski definition) is 1. The molecule has 104 valence electrons.